The normalized spacial score (nSPS) is 16.4. The van der Waals surface area contributed by atoms with E-state index in [0.29, 0.717) is 5.92 Å². The van der Waals surface area contributed by atoms with Crippen LogP contribution >= 0.6 is 12.4 Å². The molecule has 0 atom stereocenters. The van der Waals surface area contributed by atoms with E-state index in [9.17, 15) is 0 Å². The summed E-state index contributed by atoms with van der Waals surface area (Å²) in [5.74, 6) is 0.475. The Balaban J connectivity index is 0.00000120. The van der Waals surface area contributed by atoms with E-state index in [-0.39, 0.29) is 12.4 Å². The van der Waals surface area contributed by atoms with Crippen molar-refractivity contribution in [2.75, 3.05) is 18.8 Å². The second kappa shape index (κ2) is 5.50. The lowest BCUT2D eigenvalue weighted by Gasteiger charge is -2.23. The number of hydrogen-bond acceptors (Lipinski definition) is 4. The van der Waals surface area contributed by atoms with Gasteiger partial charge in [-0.15, -0.1) is 12.4 Å². The molecule has 2 aromatic heterocycles. The molecule has 3 rings (SSSR count). The van der Waals surface area contributed by atoms with Crippen molar-refractivity contribution >= 4 is 29.1 Å². The van der Waals surface area contributed by atoms with Gasteiger partial charge in [0.05, 0.1) is 11.4 Å². The molecule has 0 radical (unpaired) electrons. The maximum absolute atomic E-state index is 6.11. The van der Waals surface area contributed by atoms with Crippen LogP contribution in [-0.4, -0.2) is 23.1 Å². The van der Waals surface area contributed by atoms with E-state index >= 15 is 0 Å². The minimum Gasteiger partial charge on any atom is -0.397 e. The van der Waals surface area contributed by atoms with Gasteiger partial charge in [-0.25, -0.2) is 9.97 Å². The molecule has 96 valence electrons. The van der Waals surface area contributed by atoms with Gasteiger partial charge >= 0.3 is 0 Å². The van der Waals surface area contributed by atoms with E-state index in [1.807, 2.05) is 18.2 Å². The number of nitrogens with zero attached hydrogens (tertiary/aromatic N) is 2. The van der Waals surface area contributed by atoms with Gasteiger partial charge in [0.1, 0.15) is 0 Å². The number of nitrogens with one attached hydrogen (secondary N) is 1. The number of hydrogen-bond donors (Lipinski definition) is 2. The van der Waals surface area contributed by atoms with Crippen LogP contribution in [0.5, 0.6) is 0 Å². The fourth-order valence-corrected chi connectivity index (χ4v) is 2.46. The Bertz CT molecular complexity index is 538. The number of anilines is 1. The average Bonchev–Trinajstić information content (AvgIpc) is 2.39. The van der Waals surface area contributed by atoms with E-state index in [4.69, 9.17) is 5.73 Å². The summed E-state index contributed by atoms with van der Waals surface area (Å²) >= 11 is 0. The first-order chi connectivity index (χ1) is 8.34. The molecule has 18 heavy (non-hydrogen) atoms. The molecule has 0 spiro atoms. The van der Waals surface area contributed by atoms with E-state index in [2.05, 4.69) is 15.3 Å². The lowest BCUT2D eigenvalue weighted by Crippen LogP contribution is -2.27. The van der Waals surface area contributed by atoms with Crippen LogP contribution in [0.4, 0.5) is 5.69 Å². The molecule has 1 saturated heterocycles. The molecule has 0 saturated carbocycles. The molecular formula is C13H17ClN4. The molecule has 0 unspecified atom stereocenters. The highest BCUT2D eigenvalue weighted by molar-refractivity contribution is 5.85. The van der Waals surface area contributed by atoms with Crippen LogP contribution in [0.25, 0.3) is 11.0 Å². The molecular weight excluding hydrogens is 248 g/mol. The van der Waals surface area contributed by atoms with Gasteiger partial charge in [-0.1, -0.05) is 0 Å². The summed E-state index contributed by atoms with van der Waals surface area (Å²) in [6, 6.07) is 5.90. The van der Waals surface area contributed by atoms with Gasteiger partial charge in [-0.2, -0.15) is 0 Å². The van der Waals surface area contributed by atoms with Crippen molar-refractivity contribution in [3.63, 3.8) is 0 Å². The second-order valence-electron chi connectivity index (χ2n) is 4.54. The average molecular weight is 265 g/mol. The summed E-state index contributed by atoms with van der Waals surface area (Å²) in [4.78, 5) is 8.93. The molecule has 1 aliphatic heterocycles. The summed E-state index contributed by atoms with van der Waals surface area (Å²) in [6.45, 7) is 2.10. The fraction of sp³-hybridized carbons (Fsp3) is 0.385. The lowest BCUT2D eigenvalue weighted by atomic mass is 9.93. The van der Waals surface area contributed by atoms with Crippen LogP contribution in [-0.2, 0) is 0 Å². The van der Waals surface area contributed by atoms with Crippen LogP contribution in [0.3, 0.4) is 0 Å². The van der Waals surface area contributed by atoms with Crippen molar-refractivity contribution in [1.82, 2.24) is 15.3 Å². The number of pyridine rings is 2. The number of nitrogens with two attached hydrogens (primary N) is 1. The van der Waals surface area contributed by atoms with Gasteiger partial charge in [0.15, 0.2) is 5.65 Å². The predicted octanol–water partition coefficient (Wildman–Crippen LogP) is 2.10. The third-order valence-corrected chi connectivity index (χ3v) is 3.38. The molecule has 2 aromatic rings. The zero-order valence-electron chi connectivity index (χ0n) is 10.1. The van der Waals surface area contributed by atoms with Crippen LogP contribution in [0.2, 0.25) is 0 Å². The van der Waals surface area contributed by atoms with Crippen LogP contribution in [0.15, 0.2) is 24.4 Å². The highest BCUT2D eigenvalue weighted by atomic mass is 35.5. The maximum Gasteiger partial charge on any atom is 0.159 e. The SMILES string of the molecule is Cl.Nc1cc2cccnc2nc1C1CCNCC1. The third-order valence-electron chi connectivity index (χ3n) is 3.38. The first kappa shape index (κ1) is 13.1. The van der Waals surface area contributed by atoms with Gasteiger partial charge in [-0.3, -0.25) is 0 Å². The van der Waals surface area contributed by atoms with E-state index < -0.39 is 0 Å². The van der Waals surface area contributed by atoms with Crippen molar-refractivity contribution in [2.45, 2.75) is 18.8 Å². The lowest BCUT2D eigenvalue weighted by molar-refractivity contribution is 0.455. The fourth-order valence-electron chi connectivity index (χ4n) is 2.46. The van der Waals surface area contributed by atoms with Gasteiger partial charge in [0, 0.05) is 17.5 Å². The molecule has 4 nitrogen and oxygen atoms in total. The summed E-state index contributed by atoms with van der Waals surface area (Å²) in [5, 5.41) is 4.37. The van der Waals surface area contributed by atoms with E-state index in [0.717, 1.165) is 48.3 Å². The Kier molecular flexibility index (Phi) is 3.99. The third kappa shape index (κ3) is 2.40. The minimum absolute atomic E-state index is 0. The Morgan fingerprint density at radius 3 is 2.83 bits per heavy atom. The van der Waals surface area contributed by atoms with E-state index in [1.54, 1.807) is 6.20 Å². The number of halogens is 1. The van der Waals surface area contributed by atoms with Crippen LogP contribution in [0, 0.1) is 0 Å². The predicted molar refractivity (Wildman–Crippen MR) is 76.0 cm³/mol. The van der Waals surface area contributed by atoms with Gasteiger partial charge in [0.25, 0.3) is 0 Å². The number of aromatic nitrogens is 2. The molecule has 0 aromatic carbocycles. The molecule has 0 aliphatic carbocycles. The Morgan fingerprint density at radius 1 is 1.28 bits per heavy atom. The van der Waals surface area contributed by atoms with Crippen LogP contribution < -0.4 is 11.1 Å². The van der Waals surface area contributed by atoms with Gasteiger partial charge < -0.3 is 11.1 Å². The van der Waals surface area contributed by atoms with Gasteiger partial charge in [-0.05, 0) is 44.1 Å². The van der Waals surface area contributed by atoms with Crippen molar-refractivity contribution in [3.05, 3.63) is 30.1 Å². The smallest absolute Gasteiger partial charge is 0.159 e. The number of fused-ring (bicyclic) bond motifs is 1. The number of piperidine rings is 1. The standard InChI is InChI=1S/C13H16N4.ClH/c14-11-8-10-2-1-5-16-13(10)17-12(11)9-3-6-15-7-4-9;/h1-2,5,8-9,15H,3-4,6-7,14H2;1H. The van der Waals surface area contributed by atoms with Crippen molar-refractivity contribution in [2.24, 2.45) is 0 Å². The Morgan fingerprint density at radius 2 is 2.06 bits per heavy atom. The highest BCUT2D eigenvalue weighted by Crippen LogP contribution is 2.29. The van der Waals surface area contributed by atoms with Gasteiger partial charge in [0.2, 0.25) is 0 Å². The highest BCUT2D eigenvalue weighted by Gasteiger charge is 2.19. The summed E-state index contributed by atoms with van der Waals surface area (Å²) in [5.41, 5.74) is 8.74. The molecule has 1 fully saturated rings. The summed E-state index contributed by atoms with van der Waals surface area (Å²) in [7, 11) is 0. The summed E-state index contributed by atoms with van der Waals surface area (Å²) < 4.78 is 0. The number of rotatable bonds is 1. The zero-order valence-corrected chi connectivity index (χ0v) is 10.9. The molecule has 1 aliphatic rings. The molecule has 5 heteroatoms. The largest absolute Gasteiger partial charge is 0.397 e. The minimum atomic E-state index is 0. The Labute approximate surface area is 112 Å². The molecule has 0 bridgehead atoms. The topological polar surface area (TPSA) is 63.8 Å². The maximum atomic E-state index is 6.11. The molecule has 0 amide bonds. The van der Waals surface area contributed by atoms with Crippen molar-refractivity contribution in [1.29, 1.82) is 0 Å². The molecule has 3 N–H and O–H groups in total. The number of nitrogen functional groups attached to an aromatic ring is 1. The summed E-state index contributed by atoms with van der Waals surface area (Å²) in [6.07, 6.45) is 3.99. The van der Waals surface area contributed by atoms with Crippen molar-refractivity contribution < 1.29 is 0 Å². The Hall–Kier alpha value is -1.39. The zero-order chi connectivity index (χ0) is 11.7. The second-order valence-corrected chi connectivity index (χ2v) is 4.54. The first-order valence-corrected chi connectivity index (χ1v) is 6.06. The van der Waals surface area contributed by atoms with E-state index in [1.165, 1.54) is 0 Å². The van der Waals surface area contributed by atoms with Crippen LogP contribution in [0.1, 0.15) is 24.5 Å². The van der Waals surface area contributed by atoms with Crippen molar-refractivity contribution in [3.8, 4) is 0 Å². The monoisotopic (exact) mass is 264 g/mol. The first-order valence-electron chi connectivity index (χ1n) is 6.06. The molecule has 3 heterocycles. The quantitative estimate of drug-likeness (QED) is 0.828.